The first-order valence-corrected chi connectivity index (χ1v) is 9.92. The Morgan fingerprint density at radius 2 is 2.00 bits per heavy atom. The number of hydrogen-bond donors (Lipinski definition) is 1. The number of amides is 2. The number of benzene rings is 1. The van der Waals surface area contributed by atoms with Crippen molar-refractivity contribution in [3.05, 3.63) is 29.8 Å². The quantitative estimate of drug-likeness (QED) is 0.861. The molecule has 1 spiro atoms. The number of nitrogens with zero attached hydrogens (tertiary/aromatic N) is 1. The van der Waals surface area contributed by atoms with Crippen molar-refractivity contribution < 1.29 is 19.1 Å². The Bertz CT molecular complexity index is 708. The van der Waals surface area contributed by atoms with Crippen molar-refractivity contribution in [1.82, 2.24) is 10.2 Å². The smallest absolute Gasteiger partial charge is 0.248 e. The predicted molar refractivity (Wildman–Crippen MR) is 101 cm³/mol. The van der Waals surface area contributed by atoms with Crippen molar-refractivity contribution in [3.63, 3.8) is 0 Å². The molecule has 0 aromatic heterocycles. The fourth-order valence-electron chi connectivity index (χ4n) is 4.35. The zero-order valence-corrected chi connectivity index (χ0v) is 15.9. The van der Waals surface area contributed by atoms with Crippen molar-refractivity contribution in [3.8, 4) is 5.75 Å². The largest absolute Gasteiger partial charge is 0.487 e. The second kappa shape index (κ2) is 7.50. The molecule has 4 rings (SSSR count). The van der Waals surface area contributed by atoms with Crippen LogP contribution >= 0.6 is 0 Å². The summed E-state index contributed by atoms with van der Waals surface area (Å²) < 4.78 is 11.4. The van der Waals surface area contributed by atoms with Crippen LogP contribution in [0.15, 0.2) is 24.3 Å². The molecule has 146 valence electrons. The highest BCUT2D eigenvalue weighted by Crippen LogP contribution is 2.46. The molecule has 2 heterocycles. The zero-order valence-electron chi connectivity index (χ0n) is 15.9. The van der Waals surface area contributed by atoms with Crippen LogP contribution in [0.25, 0.3) is 0 Å². The lowest BCUT2D eigenvalue weighted by atomic mass is 9.76. The molecule has 1 aromatic rings. The maximum absolute atomic E-state index is 12.4. The van der Waals surface area contributed by atoms with Crippen molar-refractivity contribution in [2.45, 2.75) is 56.1 Å². The molecule has 0 bridgehead atoms. The van der Waals surface area contributed by atoms with Gasteiger partial charge in [-0.2, -0.15) is 0 Å². The van der Waals surface area contributed by atoms with Crippen molar-refractivity contribution >= 4 is 11.8 Å². The third kappa shape index (κ3) is 4.10. The average Bonchev–Trinajstić information content (AvgIpc) is 3.46. The molecule has 1 atom stereocenters. The van der Waals surface area contributed by atoms with Gasteiger partial charge in [-0.25, -0.2) is 0 Å². The summed E-state index contributed by atoms with van der Waals surface area (Å²) in [5.74, 6) is 1.23. The van der Waals surface area contributed by atoms with Gasteiger partial charge in [0.25, 0.3) is 0 Å². The predicted octanol–water partition coefficient (Wildman–Crippen LogP) is 2.23. The first-order chi connectivity index (χ1) is 13.1. The maximum atomic E-state index is 12.4. The highest BCUT2D eigenvalue weighted by Gasteiger charge is 2.44. The highest BCUT2D eigenvalue weighted by atomic mass is 16.5. The van der Waals surface area contributed by atoms with E-state index in [1.165, 1.54) is 0 Å². The van der Waals surface area contributed by atoms with Crippen LogP contribution in [-0.2, 0) is 14.3 Å². The fourth-order valence-corrected chi connectivity index (χ4v) is 4.35. The second-order valence-electron chi connectivity index (χ2n) is 8.08. The molecule has 2 amide bonds. The van der Waals surface area contributed by atoms with Gasteiger partial charge in [-0.1, -0.05) is 18.2 Å². The lowest BCUT2D eigenvalue weighted by molar-refractivity contribution is -0.139. The second-order valence-corrected chi connectivity index (χ2v) is 8.08. The van der Waals surface area contributed by atoms with Gasteiger partial charge >= 0.3 is 0 Å². The topological polar surface area (TPSA) is 67.9 Å². The third-order valence-electron chi connectivity index (χ3n) is 5.97. The summed E-state index contributed by atoms with van der Waals surface area (Å²) in [7, 11) is 1.54. The van der Waals surface area contributed by atoms with Gasteiger partial charge < -0.3 is 19.7 Å². The molecular weight excluding hydrogens is 344 g/mol. The van der Waals surface area contributed by atoms with Crippen LogP contribution in [0.4, 0.5) is 0 Å². The molecule has 0 radical (unpaired) electrons. The summed E-state index contributed by atoms with van der Waals surface area (Å²) in [5, 5.41) is 3.11. The summed E-state index contributed by atoms with van der Waals surface area (Å²) in [6, 6.07) is 8.46. The molecule has 6 heteroatoms. The van der Waals surface area contributed by atoms with Crippen LogP contribution in [0.2, 0.25) is 0 Å². The van der Waals surface area contributed by atoms with Crippen LogP contribution in [0, 0.1) is 0 Å². The molecule has 6 nitrogen and oxygen atoms in total. The Hall–Kier alpha value is -2.08. The molecule has 1 aliphatic carbocycles. The Labute approximate surface area is 160 Å². The van der Waals surface area contributed by atoms with Gasteiger partial charge in [0.15, 0.2) is 0 Å². The Morgan fingerprint density at radius 3 is 2.70 bits per heavy atom. The number of para-hydroxylation sites is 1. The van der Waals surface area contributed by atoms with E-state index in [1.54, 1.807) is 7.11 Å². The highest BCUT2D eigenvalue weighted by molar-refractivity contribution is 5.78. The summed E-state index contributed by atoms with van der Waals surface area (Å²) in [6.07, 6.45) is 5.12. The standard InChI is InChI=1S/C21H28N2O4/c1-26-14-20(25)23-10-8-21(9-11-23)13-15(12-19(24)22-16-6-7-16)17-4-2-3-5-18(17)27-21/h2-5,15-16H,6-14H2,1H3,(H,22,24). The van der Waals surface area contributed by atoms with E-state index < -0.39 is 0 Å². The van der Waals surface area contributed by atoms with E-state index in [2.05, 4.69) is 11.4 Å². The first kappa shape index (κ1) is 18.3. The number of nitrogens with one attached hydrogen (secondary N) is 1. The number of methoxy groups -OCH3 is 1. The summed E-state index contributed by atoms with van der Waals surface area (Å²) in [4.78, 5) is 26.4. The van der Waals surface area contributed by atoms with Gasteiger partial charge in [0.05, 0.1) is 0 Å². The molecule has 2 fully saturated rings. The fraction of sp³-hybridized carbons (Fsp3) is 0.619. The van der Waals surface area contributed by atoms with Crippen molar-refractivity contribution in [2.24, 2.45) is 0 Å². The lowest BCUT2D eigenvalue weighted by Crippen LogP contribution is -2.52. The molecule has 1 saturated carbocycles. The van der Waals surface area contributed by atoms with Crippen LogP contribution in [0.3, 0.4) is 0 Å². The number of ether oxygens (including phenoxy) is 2. The Balaban J connectivity index is 1.47. The SMILES string of the molecule is COCC(=O)N1CCC2(CC1)CC(CC(=O)NC1CC1)c1ccccc1O2. The molecule has 1 N–H and O–H groups in total. The Morgan fingerprint density at radius 1 is 1.26 bits per heavy atom. The van der Waals surface area contributed by atoms with E-state index >= 15 is 0 Å². The lowest BCUT2D eigenvalue weighted by Gasteiger charge is -2.47. The van der Waals surface area contributed by atoms with E-state index in [0.29, 0.717) is 25.6 Å². The van der Waals surface area contributed by atoms with Crippen LogP contribution in [-0.4, -0.2) is 55.2 Å². The molecule has 1 aromatic carbocycles. The molecule has 1 saturated heterocycles. The average molecular weight is 372 g/mol. The molecule has 27 heavy (non-hydrogen) atoms. The van der Waals surface area contributed by atoms with Gasteiger partial charge in [-0.05, 0) is 30.9 Å². The molecule has 2 aliphatic heterocycles. The van der Waals surface area contributed by atoms with E-state index in [0.717, 1.165) is 43.4 Å². The molecule has 3 aliphatic rings. The molecular formula is C21H28N2O4. The number of hydrogen-bond acceptors (Lipinski definition) is 4. The van der Waals surface area contributed by atoms with Gasteiger partial charge in [-0.3, -0.25) is 9.59 Å². The summed E-state index contributed by atoms with van der Waals surface area (Å²) in [6.45, 7) is 1.47. The van der Waals surface area contributed by atoms with Gasteiger partial charge in [0, 0.05) is 51.4 Å². The number of rotatable bonds is 5. The number of carbonyl (C=O) groups is 2. The first-order valence-electron chi connectivity index (χ1n) is 9.92. The number of fused-ring (bicyclic) bond motifs is 1. The monoisotopic (exact) mass is 372 g/mol. The minimum absolute atomic E-state index is 0.0314. The number of likely N-dealkylation sites (tertiary alicyclic amines) is 1. The third-order valence-corrected chi connectivity index (χ3v) is 5.97. The number of piperidine rings is 1. The van der Waals surface area contributed by atoms with E-state index in [4.69, 9.17) is 9.47 Å². The van der Waals surface area contributed by atoms with Gasteiger partial charge in [0.1, 0.15) is 18.0 Å². The van der Waals surface area contributed by atoms with Crippen molar-refractivity contribution in [1.29, 1.82) is 0 Å². The van der Waals surface area contributed by atoms with Gasteiger partial charge in [0.2, 0.25) is 11.8 Å². The van der Waals surface area contributed by atoms with Gasteiger partial charge in [-0.15, -0.1) is 0 Å². The minimum atomic E-state index is -0.289. The van der Waals surface area contributed by atoms with E-state index in [-0.39, 0.29) is 29.9 Å². The zero-order chi connectivity index (χ0) is 18.9. The van der Waals surface area contributed by atoms with Crippen molar-refractivity contribution in [2.75, 3.05) is 26.8 Å². The summed E-state index contributed by atoms with van der Waals surface area (Å²) >= 11 is 0. The number of carbonyl (C=O) groups excluding carboxylic acids is 2. The summed E-state index contributed by atoms with van der Waals surface area (Å²) in [5.41, 5.74) is 0.842. The Kier molecular flexibility index (Phi) is 5.08. The normalized spacial score (nSPS) is 23.4. The van der Waals surface area contributed by atoms with E-state index in [1.807, 2.05) is 23.1 Å². The van der Waals surface area contributed by atoms with E-state index in [9.17, 15) is 9.59 Å². The van der Waals surface area contributed by atoms with Crippen LogP contribution in [0.1, 0.15) is 50.0 Å². The molecule has 1 unspecified atom stereocenters. The maximum Gasteiger partial charge on any atom is 0.248 e. The minimum Gasteiger partial charge on any atom is -0.487 e. The van der Waals surface area contributed by atoms with Crippen LogP contribution < -0.4 is 10.1 Å². The van der Waals surface area contributed by atoms with Crippen LogP contribution in [0.5, 0.6) is 5.75 Å².